The smallest absolute Gasteiger partial charge is 0.276 e. The molecule has 3 rings (SSSR count). The largest absolute Gasteiger partial charge is 0.493 e. The van der Waals surface area contributed by atoms with Gasteiger partial charge in [0, 0.05) is 19.7 Å². The first-order valence-electron chi connectivity index (χ1n) is 8.87. The van der Waals surface area contributed by atoms with Crippen LogP contribution in [-0.2, 0) is 10.2 Å². The van der Waals surface area contributed by atoms with Crippen molar-refractivity contribution in [2.75, 3.05) is 20.2 Å². The first kappa shape index (κ1) is 21.3. The average Bonchev–Trinajstić information content (AvgIpc) is 2.65. The SMILES string of the molecule is Cc1ccc(-c2cc(=O)c3cccc(Cl)c3o2)c(OCCCN(C)S(N)(=O)=O)c1. The van der Waals surface area contributed by atoms with Gasteiger partial charge in [-0.25, -0.2) is 5.14 Å². The summed E-state index contributed by atoms with van der Waals surface area (Å²) in [6.07, 6.45) is 0.438. The number of nitrogens with two attached hydrogens (primary N) is 1. The third-order valence-corrected chi connectivity index (χ3v) is 5.77. The fourth-order valence-corrected chi connectivity index (χ4v) is 3.42. The highest BCUT2D eigenvalue weighted by molar-refractivity contribution is 7.86. The second kappa shape index (κ2) is 8.54. The lowest BCUT2D eigenvalue weighted by Gasteiger charge is -2.15. The predicted molar refractivity (Wildman–Crippen MR) is 114 cm³/mol. The average molecular weight is 437 g/mol. The Bertz CT molecular complexity index is 1210. The molecule has 0 fully saturated rings. The van der Waals surface area contributed by atoms with Gasteiger partial charge in [-0.2, -0.15) is 12.7 Å². The minimum Gasteiger partial charge on any atom is -0.493 e. The van der Waals surface area contributed by atoms with E-state index in [0.29, 0.717) is 39.5 Å². The van der Waals surface area contributed by atoms with Crippen molar-refractivity contribution in [3.63, 3.8) is 0 Å². The van der Waals surface area contributed by atoms with Crippen LogP contribution >= 0.6 is 11.6 Å². The molecule has 9 heteroatoms. The number of rotatable bonds is 7. The van der Waals surface area contributed by atoms with Gasteiger partial charge in [0.1, 0.15) is 11.5 Å². The Balaban J connectivity index is 1.89. The molecule has 0 bridgehead atoms. The molecule has 0 aliphatic rings. The molecule has 2 N–H and O–H groups in total. The first-order valence-corrected chi connectivity index (χ1v) is 10.7. The third-order valence-electron chi connectivity index (χ3n) is 4.42. The van der Waals surface area contributed by atoms with Gasteiger partial charge >= 0.3 is 0 Å². The van der Waals surface area contributed by atoms with Crippen molar-refractivity contribution in [2.24, 2.45) is 5.14 Å². The van der Waals surface area contributed by atoms with Crippen LogP contribution < -0.4 is 15.3 Å². The van der Waals surface area contributed by atoms with Crippen LogP contribution in [0.2, 0.25) is 5.02 Å². The minimum atomic E-state index is -3.72. The van der Waals surface area contributed by atoms with Crippen LogP contribution in [0, 0.1) is 6.92 Å². The Labute approximate surface area is 173 Å². The van der Waals surface area contributed by atoms with Crippen molar-refractivity contribution in [1.82, 2.24) is 4.31 Å². The molecule has 0 aliphatic carbocycles. The van der Waals surface area contributed by atoms with Gasteiger partial charge in [0.05, 0.1) is 22.6 Å². The molecule has 0 spiro atoms. The van der Waals surface area contributed by atoms with Gasteiger partial charge in [0.15, 0.2) is 11.0 Å². The van der Waals surface area contributed by atoms with Crippen LogP contribution in [0.1, 0.15) is 12.0 Å². The summed E-state index contributed by atoms with van der Waals surface area (Å²) in [5.41, 5.74) is 1.68. The van der Waals surface area contributed by atoms with Gasteiger partial charge < -0.3 is 9.15 Å². The van der Waals surface area contributed by atoms with Crippen LogP contribution in [0.25, 0.3) is 22.3 Å². The molecule has 0 amide bonds. The van der Waals surface area contributed by atoms with E-state index in [1.54, 1.807) is 18.2 Å². The molecule has 0 unspecified atom stereocenters. The number of para-hydroxylation sites is 1. The van der Waals surface area contributed by atoms with E-state index in [9.17, 15) is 13.2 Å². The topological polar surface area (TPSA) is 103 Å². The maximum absolute atomic E-state index is 12.5. The zero-order valence-electron chi connectivity index (χ0n) is 16.0. The summed E-state index contributed by atoms with van der Waals surface area (Å²) in [4.78, 5) is 12.5. The van der Waals surface area contributed by atoms with Gasteiger partial charge in [-0.05, 0) is 43.2 Å². The fraction of sp³-hybridized carbons (Fsp3) is 0.250. The quantitative estimate of drug-likeness (QED) is 0.572. The van der Waals surface area contributed by atoms with Gasteiger partial charge in [-0.15, -0.1) is 0 Å². The van der Waals surface area contributed by atoms with E-state index in [0.717, 1.165) is 9.87 Å². The molecule has 1 aromatic heterocycles. The Morgan fingerprint density at radius 1 is 1.21 bits per heavy atom. The zero-order chi connectivity index (χ0) is 21.2. The number of hydrogen-bond acceptors (Lipinski definition) is 5. The Morgan fingerprint density at radius 2 is 1.97 bits per heavy atom. The van der Waals surface area contributed by atoms with Gasteiger partial charge in [-0.3, -0.25) is 4.79 Å². The molecule has 154 valence electrons. The van der Waals surface area contributed by atoms with E-state index in [1.165, 1.54) is 13.1 Å². The maximum atomic E-state index is 12.5. The fourth-order valence-electron chi connectivity index (χ4n) is 2.82. The summed E-state index contributed by atoms with van der Waals surface area (Å²) in [6.45, 7) is 2.40. The summed E-state index contributed by atoms with van der Waals surface area (Å²) in [6, 6.07) is 11.9. The van der Waals surface area contributed by atoms with E-state index in [2.05, 4.69) is 0 Å². The van der Waals surface area contributed by atoms with Crippen LogP contribution in [0.4, 0.5) is 0 Å². The molecule has 2 aromatic carbocycles. The van der Waals surface area contributed by atoms with E-state index in [1.807, 2.05) is 25.1 Å². The molecule has 0 aliphatic heterocycles. The highest BCUT2D eigenvalue weighted by Crippen LogP contribution is 2.33. The predicted octanol–water partition coefficient (Wildman–Crippen LogP) is 3.33. The number of benzene rings is 2. The molecule has 0 radical (unpaired) electrons. The molecular weight excluding hydrogens is 416 g/mol. The van der Waals surface area contributed by atoms with E-state index >= 15 is 0 Å². The first-order chi connectivity index (χ1) is 13.7. The Morgan fingerprint density at radius 3 is 2.69 bits per heavy atom. The third kappa shape index (κ3) is 4.97. The van der Waals surface area contributed by atoms with E-state index in [4.69, 9.17) is 25.9 Å². The summed E-state index contributed by atoms with van der Waals surface area (Å²) in [5, 5.41) is 5.82. The molecule has 0 saturated heterocycles. The van der Waals surface area contributed by atoms with Crippen molar-refractivity contribution in [3.8, 4) is 17.1 Å². The molecule has 7 nitrogen and oxygen atoms in total. The highest BCUT2D eigenvalue weighted by atomic mass is 35.5. The molecular formula is C20H21ClN2O5S. The summed E-state index contributed by atoms with van der Waals surface area (Å²) in [5.74, 6) is 0.866. The van der Waals surface area contributed by atoms with Crippen LogP contribution in [0.15, 0.2) is 51.7 Å². The number of nitrogens with zero attached hydrogens (tertiary/aromatic N) is 1. The van der Waals surface area contributed by atoms with Crippen molar-refractivity contribution >= 4 is 32.8 Å². The summed E-state index contributed by atoms with van der Waals surface area (Å²) in [7, 11) is -2.32. The Hall–Kier alpha value is -2.39. The Kier molecular flexibility index (Phi) is 6.28. The van der Waals surface area contributed by atoms with Crippen LogP contribution in [-0.4, -0.2) is 32.9 Å². The lowest BCUT2D eigenvalue weighted by atomic mass is 10.1. The van der Waals surface area contributed by atoms with E-state index in [-0.39, 0.29) is 18.6 Å². The molecule has 0 saturated carbocycles. The van der Waals surface area contributed by atoms with Crippen molar-refractivity contribution in [1.29, 1.82) is 0 Å². The number of hydrogen-bond donors (Lipinski definition) is 1. The highest BCUT2D eigenvalue weighted by Gasteiger charge is 2.15. The van der Waals surface area contributed by atoms with Crippen molar-refractivity contribution in [3.05, 3.63) is 63.3 Å². The normalized spacial score (nSPS) is 11.9. The molecule has 29 heavy (non-hydrogen) atoms. The number of fused-ring (bicyclic) bond motifs is 1. The second-order valence-corrected chi connectivity index (χ2v) is 8.72. The molecule has 3 aromatic rings. The summed E-state index contributed by atoms with van der Waals surface area (Å²) < 4.78 is 35.3. The maximum Gasteiger partial charge on any atom is 0.276 e. The standard InChI is InChI=1S/C20H21ClN2O5S/c1-13-7-8-15(18(11-13)27-10-4-9-23(2)29(22,25)26)19-12-17(24)14-5-3-6-16(21)20(14)28-19/h3,5-8,11-12H,4,9-10H2,1-2H3,(H2,22,25,26). The zero-order valence-corrected chi connectivity index (χ0v) is 17.6. The minimum absolute atomic E-state index is 0.204. The van der Waals surface area contributed by atoms with Gasteiger partial charge in [-0.1, -0.05) is 23.7 Å². The number of aryl methyl sites for hydroxylation is 1. The van der Waals surface area contributed by atoms with Crippen LogP contribution in [0.5, 0.6) is 5.75 Å². The van der Waals surface area contributed by atoms with E-state index < -0.39 is 10.2 Å². The molecule has 1 heterocycles. The van der Waals surface area contributed by atoms with Crippen molar-refractivity contribution < 1.29 is 17.6 Å². The van der Waals surface area contributed by atoms with Gasteiger partial charge in [0.2, 0.25) is 0 Å². The number of ether oxygens (including phenoxy) is 1. The molecule has 0 atom stereocenters. The monoisotopic (exact) mass is 436 g/mol. The second-order valence-electron chi connectivity index (χ2n) is 6.66. The lowest BCUT2D eigenvalue weighted by Crippen LogP contribution is -2.34. The lowest BCUT2D eigenvalue weighted by molar-refractivity contribution is 0.297. The van der Waals surface area contributed by atoms with Gasteiger partial charge in [0.25, 0.3) is 10.2 Å². The summed E-state index contributed by atoms with van der Waals surface area (Å²) >= 11 is 6.19. The van der Waals surface area contributed by atoms with Crippen molar-refractivity contribution in [2.45, 2.75) is 13.3 Å². The number of halogens is 1. The van der Waals surface area contributed by atoms with Crippen LogP contribution in [0.3, 0.4) is 0 Å².